The molecule has 0 aliphatic carbocycles. The molecule has 0 radical (unpaired) electrons. The van der Waals surface area contributed by atoms with Crippen LogP contribution in [0.15, 0.2) is 36.4 Å². The van der Waals surface area contributed by atoms with Gasteiger partial charge in [-0.05, 0) is 30.3 Å². The van der Waals surface area contributed by atoms with Crippen molar-refractivity contribution in [3.05, 3.63) is 52.4 Å². The Morgan fingerprint density at radius 2 is 1.90 bits per heavy atom. The predicted molar refractivity (Wildman–Crippen MR) is 81.5 cm³/mol. The van der Waals surface area contributed by atoms with E-state index in [1.807, 2.05) is 0 Å². The molecule has 0 saturated carbocycles. The lowest BCUT2D eigenvalue weighted by molar-refractivity contribution is 0.415. The van der Waals surface area contributed by atoms with Crippen LogP contribution in [0.25, 0.3) is 22.3 Å². The minimum atomic E-state index is -0.524. The van der Waals surface area contributed by atoms with Crippen LogP contribution < -0.4 is 4.74 Å². The van der Waals surface area contributed by atoms with Crippen LogP contribution in [0.4, 0.5) is 4.39 Å². The van der Waals surface area contributed by atoms with Crippen molar-refractivity contribution in [1.82, 2.24) is 9.97 Å². The van der Waals surface area contributed by atoms with E-state index in [0.717, 1.165) is 0 Å². The highest BCUT2D eigenvalue weighted by molar-refractivity contribution is 6.35. The molecule has 2 aromatic carbocycles. The molecule has 0 fully saturated rings. The molecular formula is C15H9Cl2FN2O. The Labute approximate surface area is 130 Å². The van der Waals surface area contributed by atoms with Crippen LogP contribution >= 0.6 is 23.2 Å². The molecule has 3 rings (SSSR count). The van der Waals surface area contributed by atoms with Crippen molar-refractivity contribution in [2.45, 2.75) is 0 Å². The van der Waals surface area contributed by atoms with Crippen LogP contribution in [-0.2, 0) is 0 Å². The normalized spacial score (nSPS) is 10.9. The zero-order chi connectivity index (χ0) is 15.0. The first-order chi connectivity index (χ1) is 10.1. The maximum atomic E-state index is 13.5. The van der Waals surface area contributed by atoms with Crippen molar-refractivity contribution < 1.29 is 9.13 Å². The van der Waals surface area contributed by atoms with Crippen LogP contribution in [0.5, 0.6) is 5.75 Å². The molecule has 0 aliphatic rings. The van der Waals surface area contributed by atoms with Crippen molar-refractivity contribution in [3.63, 3.8) is 0 Å². The monoisotopic (exact) mass is 322 g/mol. The Morgan fingerprint density at radius 1 is 1.10 bits per heavy atom. The number of rotatable bonds is 2. The Kier molecular flexibility index (Phi) is 3.66. The fourth-order valence-electron chi connectivity index (χ4n) is 1.99. The Morgan fingerprint density at radius 3 is 2.67 bits per heavy atom. The van der Waals surface area contributed by atoms with E-state index >= 15 is 0 Å². The largest absolute Gasteiger partial charge is 0.497 e. The van der Waals surface area contributed by atoms with Crippen molar-refractivity contribution in [2.24, 2.45) is 0 Å². The van der Waals surface area contributed by atoms with Gasteiger partial charge in [0.25, 0.3) is 0 Å². The van der Waals surface area contributed by atoms with Crippen LogP contribution in [0.1, 0.15) is 0 Å². The van der Waals surface area contributed by atoms with Gasteiger partial charge in [-0.1, -0.05) is 29.3 Å². The third-order valence-corrected chi connectivity index (χ3v) is 3.72. The van der Waals surface area contributed by atoms with Gasteiger partial charge < -0.3 is 4.74 Å². The summed E-state index contributed by atoms with van der Waals surface area (Å²) in [6, 6.07) is 9.74. The molecule has 0 unspecified atom stereocenters. The van der Waals surface area contributed by atoms with Crippen LogP contribution in [-0.4, -0.2) is 17.1 Å². The maximum absolute atomic E-state index is 13.5. The van der Waals surface area contributed by atoms with E-state index in [-0.39, 0.29) is 16.0 Å². The third kappa shape index (κ3) is 2.52. The summed E-state index contributed by atoms with van der Waals surface area (Å²) in [6.07, 6.45) is 0. The number of methoxy groups -OCH3 is 1. The molecule has 0 atom stereocenters. The smallest absolute Gasteiger partial charge is 0.163 e. The maximum Gasteiger partial charge on any atom is 0.163 e. The number of benzene rings is 2. The second kappa shape index (κ2) is 5.47. The van der Waals surface area contributed by atoms with Crippen molar-refractivity contribution in [2.75, 3.05) is 7.11 Å². The lowest BCUT2D eigenvalue weighted by Crippen LogP contribution is -1.94. The van der Waals surface area contributed by atoms with Gasteiger partial charge in [0.1, 0.15) is 16.7 Å². The van der Waals surface area contributed by atoms with Crippen molar-refractivity contribution in [3.8, 4) is 17.1 Å². The van der Waals surface area contributed by atoms with Crippen LogP contribution in [0.2, 0.25) is 10.2 Å². The molecule has 0 saturated heterocycles. The number of fused-ring (bicyclic) bond motifs is 1. The molecule has 0 spiro atoms. The molecule has 3 nitrogen and oxygen atoms in total. The molecule has 0 bridgehead atoms. The fourth-order valence-corrected chi connectivity index (χ4v) is 2.44. The summed E-state index contributed by atoms with van der Waals surface area (Å²) in [7, 11) is 1.57. The highest BCUT2D eigenvalue weighted by Crippen LogP contribution is 2.31. The molecule has 0 N–H and O–H groups in total. The summed E-state index contributed by atoms with van der Waals surface area (Å²) < 4.78 is 18.7. The lowest BCUT2D eigenvalue weighted by Gasteiger charge is -2.08. The number of nitrogens with zero attached hydrogens (tertiary/aromatic N) is 2. The Balaban J connectivity index is 2.23. The number of hydrogen-bond acceptors (Lipinski definition) is 3. The topological polar surface area (TPSA) is 35.0 Å². The highest BCUT2D eigenvalue weighted by atomic mass is 35.5. The van der Waals surface area contributed by atoms with E-state index in [1.54, 1.807) is 37.4 Å². The average Bonchev–Trinajstić information content (AvgIpc) is 2.49. The second-order valence-electron chi connectivity index (χ2n) is 4.32. The highest BCUT2D eigenvalue weighted by Gasteiger charge is 2.13. The van der Waals surface area contributed by atoms with E-state index in [2.05, 4.69) is 9.97 Å². The van der Waals surface area contributed by atoms with Crippen LogP contribution in [0.3, 0.4) is 0 Å². The number of ether oxygens (including phenoxy) is 1. The van der Waals surface area contributed by atoms with Gasteiger partial charge in [-0.25, -0.2) is 14.4 Å². The van der Waals surface area contributed by atoms with E-state index in [4.69, 9.17) is 27.9 Å². The van der Waals surface area contributed by atoms with Gasteiger partial charge >= 0.3 is 0 Å². The van der Waals surface area contributed by atoms with E-state index < -0.39 is 5.82 Å². The first-order valence-corrected chi connectivity index (χ1v) is 6.81. The fraction of sp³-hybridized carbons (Fsp3) is 0.0667. The quantitative estimate of drug-likeness (QED) is 0.638. The number of hydrogen-bond donors (Lipinski definition) is 0. The molecule has 3 aromatic rings. The summed E-state index contributed by atoms with van der Waals surface area (Å²) in [5, 5.41) is 0.892. The second-order valence-corrected chi connectivity index (χ2v) is 5.06. The molecular weight excluding hydrogens is 314 g/mol. The SMILES string of the molecule is COc1ccc2nc(-c3cccc(F)c3Cl)nc(Cl)c2c1. The van der Waals surface area contributed by atoms with Gasteiger partial charge in [0.15, 0.2) is 5.82 Å². The van der Waals surface area contributed by atoms with Gasteiger partial charge in [-0.2, -0.15) is 0 Å². The number of aromatic nitrogens is 2. The molecule has 0 aliphatic heterocycles. The van der Waals surface area contributed by atoms with E-state index in [0.29, 0.717) is 22.2 Å². The molecule has 1 heterocycles. The van der Waals surface area contributed by atoms with E-state index in [1.165, 1.54) is 6.07 Å². The Hall–Kier alpha value is -1.91. The molecule has 6 heteroatoms. The number of halogens is 3. The molecule has 0 amide bonds. The minimum absolute atomic E-state index is 0.0265. The average molecular weight is 323 g/mol. The summed E-state index contributed by atoms with van der Waals surface area (Å²) >= 11 is 12.2. The first-order valence-electron chi connectivity index (χ1n) is 6.06. The van der Waals surface area contributed by atoms with Gasteiger partial charge in [0.05, 0.1) is 17.6 Å². The van der Waals surface area contributed by atoms with Crippen LogP contribution in [0, 0.1) is 5.82 Å². The minimum Gasteiger partial charge on any atom is -0.497 e. The first kappa shape index (κ1) is 14.0. The van der Waals surface area contributed by atoms with Crippen molar-refractivity contribution in [1.29, 1.82) is 0 Å². The zero-order valence-corrected chi connectivity index (χ0v) is 12.4. The van der Waals surface area contributed by atoms with Gasteiger partial charge in [-0.3, -0.25) is 0 Å². The summed E-state index contributed by atoms with van der Waals surface area (Å²) in [5.41, 5.74) is 1.03. The Bertz CT molecular complexity index is 839. The van der Waals surface area contributed by atoms with E-state index in [9.17, 15) is 4.39 Å². The summed E-state index contributed by atoms with van der Waals surface area (Å²) in [6.45, 7) is 0. The molecule has 21 heavy (non-hydrogen) atoms. The predicted octanol–water partition coefficient (Wildman–Crippen LogP) is 4.75. The summed E-state index contributed by atoms with van der Waals surface area (Å²) in [4.78, 5) is 8.58. The molecule has 1 aromatic heterocycles. The third-order valence-electron chi connectivity index (χ3n) is 3.05. The van der Waals surface area contributed by atoms with Gasteiger partial charge in [0, 0.05) is 10.9 Å². The molecule has 106 valence electrons. The summed E-state index contributed by atoms with van der Waals surface area (Å²) in [5.74, 6) is 0.412. The lowest BCUT2D eigenvalue weighted by atomic mass is 10.2. The van der Waals surface area contributed by atoms with Gasteiger partial charge in [0.2, 0.25) is 0 Å². The standard InChI is InChI=1S/C15H9Cl2FN2O/c1-21-8-5-6-12-10(7-8)14(17)20-15(19-12)9-3-2-4-11(18)13(9)16/h2-7H,1H3. The van der Waals surface area contributed by atoms with Crippen molar-refractivity contribution >= 4 is 34.1 Å². The zero-order valence-electron chi connectivity index (χ0n) is 10.9. The van der Waals surface area contributed by atoms with Gasteiger partial charge in [-0.15, -0.1) is 0 Å².